The fraction of sp³-hybridized carbons (Fsp3) is 0.238. The normalized spacial score (nSPS) is 10.4. The third kappa shape index (κ3) is 4.09. The second-order valence-electron chi connectivity index (χ2n) is 5.86. The molecule has 7 nitrogen and oxygen atoms in total. The molecule has 0 saturated carbocycles. The highest BCUT2D eigenvalue weighted by Gasteiger charge is 2.24. The van der Waals surface area contributed by atoms with Gasteiger partial charge >= 0.3 is 5.97 Å². The highest BCUT2D eigenvalue weighted by Crippen LogP contribution is 2.31. The number of benzene rings is 2. The molecule has 0 saturated heterocycles. The number of methoxy groups -OCH3 is 2. The van der Waals surface area contributed by atoms with Gasteiger partial charge in [-0.2, -0.15) is 0 Å². The maximum absolute atomic E-state index is 12.3. The summed E-state index contributed by atoms with van der Waals surface area (Å²) in [6.07, 6.45) is 0. The van der Waals surface area contributed by atoms with Crippen molar-refractivity contribution >= 4 is 11.9 Å². The van der Waals surface area contributed by atoms with Crippen molar-refractivity contribution in [3.8, 4) is 22.8 Å². The summed E-state index contributed by atoms with van der Waals surface area (Å²) in [6.45, 7) is 2.84. The van der Waals surface area contributed by atoms with E-state index in [-0.39, 0.29) is 11.4 Å². The van der Waals surface area contributed by atoms with Crippen LogP contribution in [0.5, 0.6) is 11.5 Å². The number of ether oxygens (including phenoxy) is 3. The van der Waals surface area contributed by atoms with Gasteiger partial charge in [0.05, 0.1) is 20.8 Å². The number of esters is 1. The van der Waals surface area contributed by atoms with Crippen LogP contribution in [0.25, 0.3) is 11.3 Å². The first kappa shape index (κ1) is 19.3. The number of carbonyl (C=O) groups excluding carboxylic acids is 1. The van der Waals surface area contributed by atoms with Crippen molar-refractivity contribution in [1.82, 2.24) is 5.16 Å². The number of anilines is 1. The first-order valence-electron chi connectivity index (χ1n) is 8.84. The van der Waals surface area contributed by atoms with Crippen LogP contribution in [0, 0.1) is 0 Å². The van der Waals surface area contributed by atoms with E-state index in [4.69, 9.17) is 18.7 Å². The molecule has 7 heteroatoms. The van der Waals surface area contributed by atoms with Crippen LogP contribution in [-0.2, 0) is 11.3 Å². The predicted molar refractivity (Wildman–Crippen MR) is 105 cm³/mol. The van der Waals surface area contributed by atoms with Gasteiger partial charge in [0.25, 0.3) is 0 Å². The van der Waals surface area contributed by atoms with Crippen molar-refractivity contribution in [2.24, 2.45) is 0 Å². The Bertz CT molecular complexity index is 937. The largest absolute Gasteiger partial charge is 0.493 e. The van der Waals surface area contributed by atoms with E-state index < -0.39 is 5.97 Å². The van der Waals surface area contributed by atoms with Crippen LogP contribution < -0.4 is 14.8 Å². The van der Waals surface area contributed by atoms with Gasteiger partial charge in [0, 0.05) is 12.1 Å². The Kier molecular flexibility index (Phi) is 6.16. The van der Waals surface area contributed by atoms with Crippen molar-refractivity contribution < 1.29 is 23.5 Å². The van der Waals surface area contributed by atoms with E-state index in [2.05, 4.69) is 10.5 Å². The third-order valence-electron chi connectivity index (χ3n) is 4.11. The quantitative estimate of drug-likeness (QED) is 0.586. The van der Waals surface area contributed by atoms with Crippen LogP contribution >= 0.6 is 0 Å². The van der Waals surface area contributed by atoms with E-state index in [0.717, 1.165) is 11.1 Å². The van der Waals surface area contributed by atoms with E-state index in [9.17, 15) is 4.79 Å². The number of nitrogens with one attached hydrogen (secondary N) is 1. The molecule has 0 bridgehead atoms. The van der Waals surface area contributed by atoms with Crippen LogP contribution in [0.3, 0.4) is 0 Å². The maximum Gasteiger partial charge on any atom is 0.345 e. The Morgan fingerprint density at radius 1 is 1.11 bits per heavy atom. The summed E-state index contributed by atoms with van der Waals surface area (Å²) in [7, 11) is 2.92. The Balaban J connectivity index is 1.86. The lowest BCUT2D eigenvalue weighted by Crippen LogP contribution is -2.08. The maximum atomic E-state index is 12.3. The van der Waals surface area contributed by atoms with Crippen LogP contribution in [0.2, 0.25) is 0 Å². The minimum atomic E-state index is -0.521. The first-order chi connectivity index (χ1) is 13.7. The van der Waals surface area contributed by atoms with Crippen LogP contribution in [-0.4, -0.2) is 32.0 Å². The standard InChI is InChI=1S/C21H22N2O5/c1-4-27-17-12-14(10-11-16(17)25-2)13-22-20-18(21(24)26-3)19(23-28-20)15-8-6-5-7-9-15/h5-12,22H,4,13H2,1-3H3. The zero-order valence-corrected chi connectivity index (χ0v) is 16.0. The number of nitrogens with zero attached hydrogens (tertiary/aromatic N) is 1. The highest BCUT2D eigenvalue weighted by molar-refractivity contribution is 6.00. The van der Waals surface area contributed by atoms with Gasteiger partial charge in [0.1, 0.15) is 5.69 Å². The molecular formula is C21H22N2O5. The van der Waals surface area contributed by atoms with Gasteiger partial charge in [0.2, 0.25) is 5.88 Å². The molecule has 0 amide bonds. The molecule has 1 N–H and O–H groups in total. The second kappa shape index (κ2) is 8.94. The summed E-state index contributed by atoms with van der Waals surface area (Å²) in [4.78, 5) is 12.3. The van der Waals surface area contributed by atoms with Crippen LogP contribution in [0.1, 0.15) is 22.8 Å². The monoisotopic (exact) mass is 382 g/mol. The van der Waals surface area contributed by atoms with Gasteiger partial charge in [-0.05, 0) is 24.6 Å². The summed E-state index contributed by atoms with van der Waals surface area (Å²) in [5, 5.41) is 7.17. The molecule has 0 spiro atoms. The van der Waals surface area contributed by atoms with Gasteiger partial charge in [-0.3, -0.25) is 0 Å². The second-order valence-corrected chi connectivity index (χ2v) is 5.86. The first-order valence-corrected chi connectivity index (χ1v) is 8.84. The predicted octanol–water partition coefficient (Wildman–Crippen LogP) is 4.15. The Hall–Kier alpha value is -3.48. The molecule has 0 radical (unpaired) electrons. The Morgan fingerprint density at radius 3 is 2.57 bits per heavy atom. The fourth-order valence-electron chi connectivity index (χ4n) is 2.78. The molecule has 0 aliphatic rings. The van der Waals surface area contributed by atoms with Gasteiger partial charge in [-0.15, -0.1) is 0 Å². The lowest BCUT2D eigenvalue weighted by Gasteiger charge is -2.11. The summed E-state index contributed by atoms with van der Waals surface area (Å²) in [5.74, 6) is 1.04. The molecule has 2 aromatic carbocycles. The molecule has 0 atom stereocenters. The fourth-order valence-corrected chi connectivity index (χ4v) is 2.78. The number of hydrogen-bond donors (Lipinski definition) is 1. The number of aromatic nitrogens is 1. The van der Waals surface area contributed by atoms with Gasteiger partial charge < -0.3 is 24.1 Å². The van der Waals surface area contributed by atoms with Crippen LogP contribution in [0.4, 0.5) is 5.88 Å². The van der Waals surface area contributed by atoms with Gasteiger partial charge in [-0.25, -0.2) is 4.79 Å². The average Bonchev–Trinajstić information content (AvgIpc) is 3.16. The summed E-state index contributed by atoms with van der Waals surface area (Å²) >= 11 is 0. The van der Waals surface area contributed by atoms with E-state index in [0.29, 0.717) is 30.3 Å². The van der Waals surface area contributed by atoms with E-state index in [1.165, 1.54) is 7.11 Å². The molecule has 0 unspecified atom stereocenters. The van der Waals surface area contributed by atoms with Gasteiger partial charge in [-0.1, -0.05) is 41.6 Å². The lowest BCUT2D eigenvalue weighted by atomic mass is 10.1. The van der Waals surface area contributed by atoms with Crippen molar-refractivity contribution in [2.75, 3.05) is 26.1 Å². The number of hydrogen-bond acceptors (Lipinski definition) is 7. The van der Waals surface area contributed by atoms with Gasteiger partial charge in [0.15, 0.2) is 17.1 Å². The summed E-state index contributed by atoms with van der Waals surface area (Å²) in [5.41, 5.74) is 2.38. The summed E-state index contributed by atoms with van der Waals surface area (Å²) < 4.78 is 21.2. The van der Waals surface area contributed by atoms with Crippen molar-refractivity contribution in [1.29, 1.82) is 0 Å². The molecule has 3 aromatic rings. The number of rotatable bonds is 8. The average molecular weight is 382 g/mol. The molecular weight excluding hydrogens is 360 g/mol. The molecule has 3 rings (SSSR count). The molecule has 0 aliphatic heterocycles. The smallest absolute Gasteiger partial charge is 0.345 e. The minimum absolute atomic E-state index is 0.250. The lowest BCUT2D eigenvalue weighted by molar-refractivity contribution is 0.0602. The zero-order chi connectivity index (χ0) is 19.9. The SMILES string of the molecule is CCOc1cc(CNc2onc(-c3ccccc3)c2C(=O)OC)ccc1OC. The molecule has 1 aromatic heterocycles. The van der Waals surface area contributed by atoms with Crippen molar-refractivity contribution in [3.63, 3.8) is 0 Å². The minimum Gasteiger partial charge on any atom is -0.493 e. The van der Waals surface area contributed by atoms with E-state index in [1.54, 1.807) is 7.11 Å². The Labute approximate surface area is 163 Å². The molecule has 0 fully saturated rings. The Morgan fingerprint density at radius 2 is 1.89 bits per heavy atom. The zero-order valence-electron chi connectivity index (χ0n) is 16.0. The van der Waals surface area contributed by atoms with Crippen molar-refractivity contribution in [3.05, 3.63) is 59.7 Å². The molecule has 146 valence electrons. The van der Waals surface area contributed by atoms with Crippen LogP contribution in [0.15, 0.2) is 53.1 Å². The topological polar surface area (TPSA) is 82.8 Å². The molecule has 0 aliphatic carbocycles. The molecule has 28 heavy (non-hydrogen) atoms. The van der Waals surface area contributed by atoms with E-state index in [1.807, 2.05) is 55.5 Å². The van der Waals surface area contributed by atoms with Crippen molar-refractivity contribution in [2.45, 2.75) is 13.5 Å². The highest BCUT2D eigenvalue weighted by atomic mass is 16.5. The molecule has 1 heterocycles. The van der Waals surface area contributed by atoms with E-state index >= 15 is 0 Å². The number of carbonyl (C=O) groups is 1. The third-order valence-corrected chi connectivity index (χ3v) is 4.11. The summed E-state index contributed by atoms with van der Waals surface area (Å²) in [6, 6.07) is 14.9.